The summed E-state index contributed by atoms with van der Waals surface area (Å²) in [6.07, 6.45) is 1.70. The molecule has 2 aromatic rings. The first-order chi connectivity index (χ1) is 6.33. The Morgan fingerprint density at radius 1 is 1.54 bits per heavy atom. The number of hydrogen-bond acceptors (Lipinski definition) is 2. The van der Waals surface area contributed by atoms with Crippen molar-refractivity contribution >= 4 is 16.8 Å². The summed E-state index contributed by atoms with van der Waals surface area (Å²) in [5, 5.41) is 10.2. The average Bonchev–Trinajstić information content (AvgIpc) is 2.63. The molecule has 0 aliphatic carbocycles. The van der Waals surface area contributed by atoms with Gasteiger partial charge in [0.1, 0.15) is 0 Å². The fourth-order valence-electron chi connectivity index (χ4n) is 1.29. The molecule has 2 rings (SSSR count). The van der Waals surface area contributed by atoms with Gasteiger partial charge in [0.25, 0.3) is 5.91 Å². The molecular weight excluding hydrogens is 166 g/mol. The number of amides is 1. The van der Waals surface area contributed by atoms with Crippen molar-refractivity contribution in [3.05, 3.63) is 30.0 Å². The van der Waals surface area contributed by atoms with Gasteiger partial charge in [-0.05, 0) is 6.07 Å². The molecule has 4 nitrogen and oxygen atoms in total. The first-order valence-corrected chi connectivity index (χ1v) is 3.97. The summed E-state index contributed by atoms with van der Waals surface area (Å²) >= 11 is 0. The number of fused-ring (bicyclic) bond motifs is 1. The minimum absolute atomic E-state index is 0.102. The molecule has 0 saturated carbocycles. The summed E-state index contributed by atoms with van der Waals surface area (Å²) in [7, 11) is 1.61. The fourth-order valence-corrected chi connectivity index (χ4v) is 1.29. The van der Waals surface area contributed by atoms with Gasteiger partial charge in [0.15, 0.2) is 0 Å². The molecule has 1 aromatic carbocycles. The Balaban J connectivity index is 2.67. The van der Waals surface area contributed by atoms with E-state index in [1.807, 2.05) is 12.1 Å². The van der Waals surface area contributed by atoms with E-state index >= 15 is 0 Å². The maximum Gasteiger partial charge on any atom is 0.253 e. The predicted octanol–water partition coefficient (Wildman–Crippen LogP) is 0.922. The van der Waals surface area contributed by atoms with E-state index in [4.69, 9.17) is 0 Å². The fraction of sp³-hybridized carbons (Fsp3) is 0.111. The van der Waals surface area contributed by atoms with Crippen molar-refractivity contribution in [2.75, 3.05) is 7.05 Å². The Hall–Kier alpha value is -1.84. The zero-order valence-corrected chi connectivity index (χ0v) is 7.16. The molecule has 0 aliphatic rings. The monoisotopic (exact) mass is 175 g/mol. The second-order valence-corrected chi connectivity index (χ2v) is 2.72. The van der Waals surface area contributed by atoms with Crippen LogP contribution in [0.15, 0.2) is 24.4 Å². The molecule has 13 heavy (non-hydrogen) atoms. The van der Waals surface area contributed by atoms with Gasteiger partial charge in [-0.15, -0.1) is 0 Å². The highest BCUT2D eigenvalue weighted by Crippen LogP contribution is 2.14. The average molecular weight is 175 g/mol. The smallest absolute Gasteiger partial charge is 0.253 e. The Bertz CT molecular complexity index is 447. The number of nitrogens with zero attached hydrogens (tertiary/aromatic N) is 1. The number of H-pyrrole nitrogens is 1. The third-order valence-electron chi connectivity index (χ3n) is 1.95. The molecule has 2 N–H and O–H groups in total. The number of aromatic nitrogens is 2. The number of carbonyl (C=O) groups is 1. The van der Waals surface area contributed by atoms with Gasteiger partial charge in [-0.1, -0.05) is 12.1 Å². The lowest BCUT2D eigenvalue weighted by Gasteiger charge is -1.99. The maximum absolute atomic E-state index is 11.4. The van der Waals surface area contributed by atoms with Gasteiger partial charge >= 0.3 is 0 Å². The Kier molecular flexibility index (Phi) is 1.73. The standard InChI is InChI=1S/C9H9N3O/c1-10-9(13)7-4-2-3-6-5-11-12-8(6)7/h2-5H,1H3,(H,10,13)(H,11,12). The second-order valence-electron chi connectivity index (χ2n) is 2.72. The van der Waals surface area contributed by atoms with Crippen molar-refractivity contribution in [1.29, 1.82) is 0 Å². The number of aromatic amines is 1. The van der Waals surface area contributed by atoms with Crippen molar-refractivity contribution in [2.24, 2.45) is 0 Å². The quantitative estimate of drug-likeness (QED) is 0.677. The second kappa shape index (κ2) is 2.90. The highest BCUT2D eigenvalue weighted by molar-refractivity contribution is 6.05. The van der Waals surface area contributed by atoms with E-state index in [0.717, 1.165) is 10.9 Å². The number of rotatable bonds is 1. The lowest BCUT2D eigenvalue weighted by molar-refractivity contribution is 0.0964. The molecule has 0 radical (unpaired) electrons. The van der Waals surface area contributed by atoms with E-state index in [-0.39, 0.29) is 5.91 Å². The van der Waals surface area contributed by atoms with Crippen LogP contribution in [-0.2, 0) is 0 Å². The molecule has 0 aliphatic heterocycles. The van der Waals surface area contributed by atoms with Crippen molar-refractivity contribution in [3.8, 4) is 0 Å². The van der Waals surface area contributed by atoms with Crippen molar-refractivity contribution in [2.45, 2.75) is 0 Å². The van der Waals surface area contributed by atoms with E-state index in [1.54, 1.807) is 19.3 Å². The first kappa shape index (κ1) is 7.79. The molecule has 0 bridgehead atoms. The van der Waals surface area contributed by atoms with Crippen molar-refractivity contribution in [3.63, 3.8) is 0 Å². The van der Waals surface area contributed by atoms with Gasteiger partial charge in [0.05, 0.1) is 17.3 Å². The summed E-state index contributed by atoms with van der Waals surface area (Å²) in [5.41, 5.74) is 1.40. The summed E-state index contributed by atoms with van der Waals surface area (Å²) in [6, 6.07) is 5.51. The number of para-hydroxylation sites is 1. The topological polar surface area (TPSA) is 57.8 Å². The van der Waals surface area contributed by atoms with Gasteiger partial charge in [0.2, 0.25) is 0 Å². The van der Waals surface area contributed by atoms with Crippen LogP contribution in [0.5, 0.6) is 0 Å². The molecule has 0 unspecified atom stereocenters. The highest BCUT2D eigenvalue weighted by Gasteiger charge is 2.08. The molecule has 1 amide bonds. The Labute approximate surface area is 75.0 Å². The zero-order chi connectivity index (χ0) is 9.26. The van der Waals surface area contributed by atoms with E-state index in [9.17, 15) is 4.79 Å². The van der Waals surface area contributed by atoms with Crippen LogP contribution < -0.4 is 5.32 Å². The molecule has 0 fully saturated rings. The van der Waals surface area contributed by atoms with Gasteiger partial charge in [-0.25, -0.2) is 0 Å². The first-order valence-electron chi connectivity index (χ1n) is 3.97. The van der Waals surface area contributed by atoms with Crippen LogP contribution in [0.4, 0.5) is 0 Å². The number of carbonyl (C=O) groups excluding carboxylic acids is 1. The van der Waals surface area contributed by atoms with Crippen LogP contribution in [0.3, 0.4) is 0 Å². The normalized spacial score (nSPS) is 10.2. The van der Waals surface area contributed by atoms with Crippen molar-refractivity contribution < 1.29 is 4.79 Å². The molecule has 0 saturated heterocycles. The van der Waals surface area contributed by atoms with Crippen LogP contribution >= 0.6 is 0 Å². The Morgan fingerprint density at radius 3 is 3.15 bits per heavy atom. The molecular formula is C9H9N3O. The van der Waals surface area contributed by atoms with Gasteiger partial charge in [0, 0.05) is 12.4 Å². The van der Waals surface area contributed by atoms with E-state index in [0.29, 0.717) is 5.56 Å². The van der Waals surface area contributed by atoms with Crippen LogP contribution in [0.2, 0.25) is 0 Å². The summed E-state index contributed by atoms with van der Waals surface area (Å²) < 4.78 is 0. The largest absolute Gasteiger partial charge is 0.355 e. The summed E-state index contributed by atoms with van der Waals surface area (Å²) in [4.78, 5) is 11.4. The number of hydrogen-bond donors (Lipinski definition) is 2. The lowest BCUT2D eigenvalue weighted by Crippen LogP contribution is -2.18. The van der Waals surface area contributed by atoms with Crippen LogP contribution in [0.1, 0.15) is 10.4 Å². The highest BCUT2D eigenvalue weighted by atomic mass is 16.1. The van der Waals surface area contributed by atoms with Gasteiger partial charge in [-0.2, -0.15) is 5.10 Å². The molecule has 0 atom stereocenters. The number of nitrogens with one attached hydrogen (secondary N) is 2. The third-order valence-corrected chi connectivity index (χ3v) is 1.95. The minimum Gasteiger partial charge on any atom is -0.355 e. The van der Waals surface area contributed by atoms with Gasteiger partial charge in [-0.3, -0.25) is 9.89 Å². The van der Waals surface area contributed by atoms with E-state index in [1.165, 1.54) is 0 Å². The summed E-state index contributed by atoms with van der Waals surface area (Å²) in [6.45, 7) is 0. The number of benzene rings is 1. The van der Waals surface area contributed by atoms with Crippen molar-refractivity contribution in [1.82, 2.24) is 15.5 Å². The van der Waals surface area contributed by atoms with E-state index in [2.05, 4.69) is 15.5 Å². The minimum atomic E-state index is -0.102. The predicted molar refractivity (Wildman–Crippen MR) is 49.5 cm³/mol. The van der Waals surface area contributed by atoms with Crippen LogP contribution in [-0.4, -0.2) is 23.2 Å². The van der Waals surface area contributed by atoms with E-state index < -0.39 is 0 Å². The molecule has 66 valence electrons. The lowest BCUT2D eigenvalue weighted by atomic mass is 10.1. The third kappa shape index (κ3) is 1.16. The SMILES string of the molecule is CNC(=O)c1cccc2cn[nH]c12. The zero-order valence-electron chi connectivity index (χ0n) is 7.16. The van der Waals surface area contributed by atoms with Crippen LogP contribution in [0.25, 0.3) is 10.9 Å². The summed E-state index contributed by atoms with van der Waals surface area (Å²) in [5.74, 6) is -0.102. The Morgan fingerprint density at radius 2 is 2.38 bits per heavy atom. The molecule has 1 aromatic heterocycles. The molecule has 0 spiro atoms. The maximum atomic E-state index is 11.4. The molecule has 1 heterocycles. The van der Waals surface area contributed by atoms with Crippen LogP contribution in [0, 0.1) is 0 Å². The molecule has 4 heteroatoms. The van der Waals surface area contributed by atoms with Gasteiger partial charge < -0.3 is 5.32 Å².